The topological polar surface area (TPSA) is 74.2 Å². The first-order chi connectivity index (χ1) is 9.20. The minimum Gasteiger partial charge on any atom is -0.399 e. The van der Waals surface area contributed by atoms with E-state index in [0.29, 0.717) is 23.8 Å². The lowest BCUT2D eigenvalue weighted by atomic mass is 10.2. The molecule has 2 aromatic rings. The van der Waals surface area contributed by atoms with Gasteiger partial charge in [0.15, 0.2) is 5.82 Å². The highest BCUT2D eigenvalue weighted by atomic mass is 79.9. The van der Waals surface area contributed by atoms with Crippen LogP contribution in [-0.4, -0.2) is 22.9 Å². The van der Waals surface area contributed by atoms with E-state index in [2.05, 4.69) is 26.1 Å². The first kappa shape index (κ1) is 12.6. The van der Waals surface area contributed by atoms with Gasteiger partial charge in [0, 0.05) is 28.8 Å². The van der Waals surface area contributed by atoms with Crippen molar-refractivity contribution in [1.82, 2.24) is 10.1 Å². The van der Waals surface area contributed by atoms with Crippen molar-refractivity contribution in [1.29, 1.82) is 0 Å². The molecule has 0 radical (unpaired) electrons. The van der Waals surface area contributed by atoms with E-state index in [4.69, 9.17) is 15.0 Å². The Balaban J connectivity index is 1.79. The fourth-order valence-corrected chi connectivity index (χ4v) is 2.71. The maximum Gasteiger partial charge on any atom is 0.258 e. The van der Waals surface area contributed by atoms with Gasteiger partial charge in [0.2, 0.25) is 0 Å². The van der Waals surface area contributed by atoms with Crippen molar-refractivity contribution in [3.63, 3.8) is 0 Å². The number of nitrogen functional groups attached to an aromatic ring is 1. The summed E-state index contributed by atoms with van der Waals surface area (Å²) in [7, 11) is 0. The zero-order valence-electron chi connectivity index (χ0n) is 10.3. The third kappa shape index (κ3) is 2.96. The van der Waals surface area contributed by atoms with Gasteiger partial charge in [-0.25, -0.2) is 0 Å². The molecule has 2 N–H and O–H groups in total. The van der Waals surface area contributed by atoms with Gasteiger partial charge in [0.1, 0.15) is 0 Å². The number of nitrogens with two attached hydrogens (primary N) is 1. The van der Waals surface area contributed by atoms with Crippen molar-refractivity contribution >= 4 is 21.6 Å². The Morgan fingerprint density at radius 1 is 1.37 bits per heavy atom. The lowest BCUT2D eigenvalue weighted by Crippen LogP contribution is -2.09. The summed E-state index contributed by atoms with van der Waals surface area (Å²) < 4.78 is 11.7. The van der Waals surface area contributed by atoms with E-state index in [0.717, 1.165) is 29.5 Å². The van der Waals surface area contributed by atoms with Crippen LogP contribution in [0.3, 0.4) is 0 Å². The fraction of sp³-hybridized carbons (Fsp3) is 0.385. The predicted octanol–water partition coefficient (Wildman–Crippen LogP) is 2.80. The SMILES string of the molecule is Nc1cc(Br)cc(-c2nc(CC3CCCO3)no2)c1. The third-order valence-electron chi connectivity index (χ3n) is 3.07. The Labute approximate surface area is 119 Å². The van der Waals surface area contributed by atoms with Crippen LogP contribution in [0.1, 0.15) is 18.7 Å². The summed E-state index contributed by atoms with van der Waals surface area (Å²) >= 11 is 3.40. The molecule has 0 saturated carbocycles. The van der Waals surface area contributed by atoms with Crippen molar-refractivity contribution < 1.29 is 9.26 Å². The van der Waals surface area contributed by atoms with Crippen molar-refractivity contribution in [2.24, 2.45) is 0 Å². The molecule has 1 aromatic heterocycles. The smallest absolute Gasteiger partial charge is 0.258 e. The second kappa shape index (κ2) is 5.30. The molecule has 2 heterocycles. The summed E-state index contributed by atoms with van der Waals surface area (Å²) in [6.07, 6.45) is 3.09. The number of halogens is 1. The summed E-state index contributed by atoms with van der Waals surface area (Å²) in [5.41, 5.74) is 7.27. The lowest BCUT2D eigenvalue weighted by molar-refractivity contribution is 0.109. The van der Waals surface area contributed by atoms with Crippen LogP contribution in [0.15, 0.2) is 27.2 Å². The van der Waals surface area contributed by atoms with E-state index < -0.39 is 0 Å². The molecule has 1 unspecified atom stereocenters. The fourth-order valence-electron chi connectivity index (χ4n) is 2.20. The Morgan fingerprint density at radius 2 is 2.26 bits per heavy atom. The van der Waals surface area contributed by atoms with E-state index in [9.17, 15) is 0 Å². The number of hydrogen-bond donors (Lipinski definition) is 1. The van der Waals surface area contributed by atoms with Crippen molar-refractivity contribution in [3.8, 4) is 11.5 Å². The molecule has 1 aliphatic rings. The molecular weight excluding hydrogens is 310 g/mol. The zero-order chi connectivity index (χ0) is 13.2. The van der Waals surface area contributed by atoms with Crippen molar-refractivity contribution in [2.45, 2.75) is 25.4 Å². The number of aromatic nitrogens is 2. The highest BCUT2D eigenvalue weighted by Crippen LogP contribution is 2.25. The first-order valence-corrected chi connectivity index (χ1v) is 7.00. The molecule has 1 aliphatic heterocycles. The van der Waals surface area contributed by atoms with E-state index in [1.807, 2.05) is 18.2 Å². The van der Waals surface area contributed by atoms with Crippen LogP contribution in [0.5, 0.6) is 0 Å². The third-order valence-corrected chi connectivity index (χ3v) is 3.53. The van der Waals surface area contributed by atoms with Crippen LogP contribution in [0.2, 0.25) is 0 Å². The number of anilines is 1. The standard InChI is InChI=1S/C13H14BrN3O2/c14-9-4-8(5-10(15)6-9)13-16-12(17-19-13)7-11-2-1-3-18-11/h4-6,11H,1-3,7,15H2. The van der Waals surface area contributed by atoms with Gasteiger partial charge in [-0.1, -0.05) is 21.1 Å². The molecule has 1 atom stereocenters. The van der Waals surface area contributed by atoms with Crippen LogP contribution in [0, 0.1) is 0 Å². The molecule has 1 fully saturated rings. The molecule has 0 amide bonds. The van der Waals surface area contributed by atoms with Crippen LogP contribution in [-0.2, 0) is 11.2 Å². The van der Waals surface area contributed by atoms with Gasteiger partial charge < -0.3 is 15.0 Å². The summed E-state index contributed by atoms with van der Waals surface area (Å²) in [5, 5.41) is 3.99. The molecule has 0 spiro atoms. The Bertz CT molecular complexity index is 559. The van der Waals surface area contributed by atoms with Crippen LogP contribution in [0.4, 0.5) is 5.69 Å². The zero-order valence-corrected chi connectivity index (χ0v) is 11.9. The van der Waals surface area contributed by atoms with E-state index in [-0.39, 0.29) is 6.10 Å². The minimum absolute atomic E-state index is 0.220. The van der Waals surface area contributed by atoms with Crippen molar-refractivity contribution in [3.05, 3.63) is 28.5 Å². The van der Waals surface area contributed by atoms with E-state index in [1.54, 1.807) is 0 Å². The van der Waals surface area contributed by atoms with Gasteiger partial charge >= 0.3 is 0 Å². The van der Waals surface area contributed by atoms with Gasteiger partial charge in [0.05, 0.1) is 6.10 Å². The number of hydrogen-bond acceptors (Lipinski definition) is 5. The molecule has 0 aliphatic carbocycles. The second-order valence-corrected chi connectivity index (χ2v) is 5.54. The summed E-state index contributed by atoms with van der Waals surface area (Å²) in [4.78, 5) is 4.39. The van der Waals surface area contributed by atoms with Crippen molar-refractivity contribution in [2.75, 3.05) is 12.3 Å². The quantitative estimate of drug-likeness (QED) is 0.879. The Kier molecular flexibility index (Phi) is 3.52. The maximum absolute atomic E-state index is 5.80. The van der Waals surface area contributed by atoms with Gasteiger partial charge in [-0.3, -0.25) is 0 Å². The Morgan fingerprint density at radius 3 is 3.00 bits per heavy atom. The highest BCUT2D eigenvalue weighted by molar-refractivity contribution is 9.10. The van der Waals surface area contributed by atoms with E-state index >= 15 is 0 Å². The predicted molar refractivity (Wildman–Crippen MR) is 74.5 cm³/mol. The summed E-state index contributed by atoms with van der Waals surface area (Å²) in [6.45, 7) is 0.831. The maximum atomic E-state index is 5.80. The number of benzene rings is 1. The molecule has 0 bridgehead atoms. The summed E-state index contributed by atoms with van der Waals surface area (Å²) in [5.74, 6) is 1.17. The second-order valence-electron chi connectivity index (χ2n) is 4.63. The average molecular weight is 324 g/mol. The van der Waals surface area contributed by atoms with Gasteiger partial charge in [-0.15, -0.1) is 0 Å². The molecular formula is C13H14BrN3O2. The molecule has 6 heteroatoms. The molecule has 3 rings (SSSR count). The molecule has 100 valence electrons. The number of rotatable bonds is 3. The monoisotopic (exact) mass is 323 g/mol. The van der Waals surface area contributed by atoms with Gasteiger partial charge in [-0.2, -0.15) is 4.98 Å². The summed E-state index contributed by atoms with van der Waals surface area (Å²) in [6, 6.07) is 5.54. The molecule has 1 aromatic carbocycles. The minimum atomic E-state index is 0.220. The molecule has 1 saturated heterocycles. The van der Waals surface area contributed by atoms with Crippen LogP contribution < -0.4 is 5.73 Å². The van der Waals surface area contributed by atoms with Gasteiger partial charge in [0.25, 0.3) is 5.89 Å². The lowest BCUT2D eigenvalue weighted by Gasteiger charge is -2.03. The first-order valence-electron chi connectivity index (χ1n) is 6.21. The van der Waals surface area contributed by atoms with Gasteiger partial charge in [-0.05, 0) is 31.0 Å². The largest absolute Gasteiger partial charge is 0.399 e. The highest BCUT2D eigenvalue weighted by Gasteiger charge is 2.19. The van der Waals surface area contributed by atoms with E-state index in [1.165, 1.54) is 0 Å². The normalized spacial score (nSPS) is 18.9. The van der Waals surface area contributed by atoms with Crippen LogP contribution in [0.25, 0.3) is 11.5 Å². The molecule has 19 heavy (non-hydrogen) atoms. The molecule has 5 nitrogen and oxygen atoms in total. The average Bonchev–Trinajstić information content (AvgIpc) is 2.99. The Hall–Kier alpha value is -1.40. The van der Waals surface area contributed by atoms with Crippen LogP contribution >= 0.6 is 15.9 Å². The number of nitrogens with zero attached hydrogens (tertiary/aromatic N) is 2. The number of ether oxygens (including phenoxy) is 1.